The molecule has 2 amide bonds. The zero-order valence-electron chi connectivity index (χ0n) is 12.0. The first kappa shape index (κ1) is 15.8. The number of carboxylic acids is 1. The topological polar surface area (TPSA) is 69.6 Å². The number of carboxylic acid groups (broad SMARTS) is 1. The van der Waals surface area contributed by atoms with Gasteiger partial charge in [0.25, 0.3) is 0 Å². The third kappa shape index (κ3) is 5.94. The van der Waals surface area contributed by atoms with Crippen molar-refractivity contribution in [3.8, 4) is 0 Å². The predicted molar refractivity (Wildman–Crippen MR) is 74.0 cm³/mol. The molecule has 0 spiro atoms. The third-order valence-electron chi connectivity index (χ3n) is 4.04. The molecule has 5 heteroatoms. The van der Waals surface area contributed by atoms with Gasteiger partial charge in [0.1, 0.15) is 0 Å². The normalized spacial score (nSPS) is 22.8. The lowest BCUT2D eigenvalue weighted by atomic mass is 9.80. The van der Waals surface area contributed by atoms with Crippen LogP contribution < -0.4 is 5.32 Å². The average molecular weight is 270 g/mol. The van der Waals surface area contributed by atoms with Gasteiger partial charge in [-0.1, -0.05) is 26.2 Å². The maximum Gasteiger partial charge on any atom is 0.317 e. The molecule has 0 aliphatic heterocycles. The molecule has 2 N–H and O–H groups in total. The largest absolute Gasteiger partial charge is 0.481 e. The molecule has 0 saturated heterocycles. The van der Waals surface area contributed by atoms with Gasteiger partial charge < -0.3 is 15.3 Å². The molecule has 0 aromatic heterocycles. The van der Waals surface area contributed by atoms with Crippen LogP contribution in [0.4, 0.5) is 4.79 Å². The summed E-state index contributed by atoms with van der Waals surface area (Å²) in [7, 11) is 1.71. The van der Waals surface area contributed by atoms with Crippen LogP contribution in [0.2, 0.25) is 0 Å². The van der Waals surface area contributed by atoms with Gasteiger partial charge in [0.15, 0.2) is 0 Å². The van der Waals surface area contributed by atoms with Crippen LogP contribution >= 0.6 is 0 Å². The molecule has 0 radical (unpaired) electrons. The predicted octanol–water partition coefficient (Wildman–Crippen LogP) is 2.32. The third-order valence-corrected chi connectivity index (χ3v) is 4.04. The maximum atomic E-state index is 11.8. The summed E-state index contributed by atoms with van der Waals surface area (Å²) >= 11 is 0. The molecule has 0 aromatic carbocycles. The second kappa shape index (κ2) is 8.02. The van der Waals surface area contributed by atoms with E-state index >= 15 is 0 Å². The fourth-order valence-electron chi connectivity index (χ4n) is 2.62. The van der Waals surface area contributed by atoms with Gasteiger partial charge >= 0.3 is 12.0 Å². The minimum atomic E-state index is -0.815. The fraction of sp³-hybridized carbons (Fsp3) is 0.857. The van der Waals surface area contributed by atoms with E-state index in [1.165, 1.54) is 25.7 Å². The Hall–Kier alpha value is -1.26. The Labute approximate surface area is 115 Å². The van der Waals surface area contributed by atoms with E-state index in [9.17, 15) is 9.59 Å². The Morgan fingerprint density at radius 3 is 2.63 bits per heavy atom. The van der Waals surface area contributed by atoms with E-state index in [-0.39, 0.29) is 12.5 Å². The highest BCUT2D eigenvalue weighted by Gasteiger charge is 2.22. The van der Waals surface area contributed by atoms with E-state index in [1.54, 1.807) is 11.9 Å². The lowest BCUT2D eigenvalue weighted by Crippen LogP contribution is -2.41. The first-order valence-corrected chi connectivity index (χ1v) is 7.21. The highest BCUT2D eigenvalue weighted by atomic mass is 16.4. The highest BCUT2D eigenvalue weighted by Crippen LogP contribution is 2.28. The number of rotatable bonds is 6. The summed E-state index contributed by atoms with van der Waals surface area (Å²) in [5.74, 6) is 0.460. The fourth-order valence-corrected chi connectivity index (χ4v) is 2.62. The zero-order chi connectivity index (χ0) is 14.3. The summed E-state index contributed by atoms with van der Waals surface area (Å²) in [5.41, 5.74) is 0. The Bertz CT molecular complexity index is 307. The molecule has 1 aliphatic rings. The van der Waals surface area contributed by atoms with E-state index in [1.807, 2.05) is 0 Å². The van der Waals surface area contributed by atoms with Crippen LogP contribution in [-0.2, 0) is 4.79 Å². The summed E-state index contributed by atoms with van der Waals surface area (Å²) in [6.45, 7) is 3.48. The van der Waals surface area contributed by atoms with E-state index in [2.05, 4.69) is 12.2 Å². The zero-order valence-corrected chi connectivity index (χ0v) is 12.0. The number of nitrogens with one attached hydrogen (secondary N) is 1. The Kier molecular flexibility index (Phi) is 6.67. The van der Waals surface area contributed by atoms with Crippen molar-refractivity contribution in [2.45, 2.75) is 45.4 Å². The van der Waals surface area contributed by atoms with Crippen molar-refractivity contribution < 1.29 is 14.7 Å². The molecule has 5 nitrogen and oxygen atoms in total. The van der Waals surface area contributed by atoms with Gasteiger partial charge in [-0.2, -0.15) is 0 Å². The summed E-state index contributed by atoms with van der Waals surface area (Å²) in [6, 6.07) is -0.0943. The van der Waals surface area contributed by atoms with E-state index in [4.69, 9.17) is 5.11 Å². The number of amides is 2. The smallest absolute Gasteiger partial charge is 0.317 e. The van der Waals surface area contributed by atoms with Crippen LogP contribution in [0.5, 0.6) is 0 Å². The molecule has 1 aliphatic carbocycles. The van der Waals surface area contributed by atoms with Gasteiger partial charge in [-0.15, -0.1) is 0 Å². The van der Waals surface area contributed by atoms with Crippen molar-refractivity contribution in [1.82, 2.24) is 10.2 Å². The molecule has 2 unspecified atom stereocenters. The second-order valence-electron chi connectivity index (χ2n) is 5.63. The average Bonchev–Trinajstić information content (AvgIpc) is 2.36. The minimum absolute atomic E-state index is 0.0943. The van der Waals surface area contributed by atoms with Gasteiger partial charge in [-0.3, -0.25) is 4.79 Å². The van der Waals surface area contributed by atoms with E-state index < -0.39 is 5.97 Å². The van der Waals surface area contributed by atoms with Crippen LogP contribution in [-0.4, -0.2) is 42.1 Å². The highest BCUT2D eigenvalue weighted by molar-refractivity contribution is 5.73. The lowest BCUT2D eigenvalue weighted by Gasteiger charge is -2.29. The van der Waals surface area contributed by atoms with E-state index in [0.717, 1.165) is 6.54 Å². The molecular formula is C14H26N2O3. The summed E-state index contributed by atoms with van der Waals surface area (Å²) in [5, 5.41) is 11.5. The molecular weight excluding hydrogens is 244 g/mol. The van der Waals surface area contributed by atoms with Crippen molar-refractivity contribution in [2.24, 2.45) is 11.8 Å². The number of carbonyl (C=O) groups excluding carboxylic acids is 1. The number of aliphatic carboxylic acids is 1. The van der Waals surface area contributed by atoms with Gasteiger partial charge in [0, 0.05) is 26.6 Å². The lowest BCUT2D eigenvalue weighted by molar-refractivity contribution is -0.137. The van der Waals surface area contributed by atoms with Gasteiger partial charge in [-0.05, 0) is 24.7 Å². The quantitative estimate of drug-likeness (QED) is 0.778. The van der Waals surface area contributed by atoms with Crippen LogP contribution in [0.25, 0.3) is 0 Å². The molecule has 1 rings (SSSR count). The second-order valence-corrected chi connectivity index (χ2v) is 5.63. The Morgan fingerprint density at radius 2 is 2.00 bits per heavy atom. The molecule has 1 fully saturated rings. The number of urea groups is 1. The van der Waals surface area contributed by atoms with E-state index in [0.29, 0.717) is 24.8 Å². The van der Waals surface area contributed by atoms with Crippen molar-refractivity contribution in [3.63, 3.8) is 0 Å². The molecule has 0 heterocycles. The summed E-state index contributed by atoms with van der Waals surface area (Å²) < 4.78 is 0. The van der Waals surface area contributed by atoms with Crippen molar-refractivity contribution in [3.05, 3.63) is 0 Å². The van der Waals surface area contributed by atoms with Crippen LogP contribution in [0.15, 0.2) is 0 Å². The van der Waals surface area contributed by atoms with Crippen LogP contribution in [0.3, 0.4) is 0 Å². The molecule has 2 atom stereocenters. The standard InChI is InChI=1S/C14H26N2O3/c1-11-6-3-4-7-12(11)10-15-14(19)16(2)9-5-8-13(17)18/h11-12H,3-10H2,1-2H3,(H,15,19)(H,17,18). The van der Waals surface area contributed by atoms with Crippen molar-refractivity contribution in [2.75, 3.05) is 20.1 Å². The first-order chi connectivity index (χ1) is 9.00. The van der Waals surface area contributed by atoms with Gasteiger partial charge in [-0.25, -0.2) is 4.79 Å². The van der Waals surface area contributed by atoms with Crippen LogP contribution in [0, 0.1) is 11.8 Å². The summed E-state index contributed by atoms with van der Waals surface area (Å²) in [6.07, 6.45) is 5.63. The number of nitrogens with zero attached hydrogens (tertiary/aromatic N) is 1. The molecule has 0 bridgehead atoms. The number of hydrogen-bond donors (Lipinski definition) is 2. The molecule has 110 valence electrons. The molecule has 19 heavy (non-hydrogen) atoms. The minimum Gasteiger partial charge on any atom is -0.481 e. The van der Waals surface area contributed by atoms with Gasteiger partial charge in [0.2, 0.25) is 0 Å². The molecule has 1 saturated carbocycles. The van der Waals surface area contributed by atoms with Crippen molar-refractivity contribution >= 4 is 12.0 Å². The SMILES string of the molecule is CC1CCCCC1CNC(=O)N(C)CCCC(=O)O. The van der Waals surface area contributed by atoms with Crippen molar-refractivity contribution in [1.29, 1.82) is 0 Å². The number of carbonyl (C=O) groups is 2. The summed E-state index contributed by atoms with van der Waals surface area (Å²) in [4.78, 5) is 23.8. The maximum absolute atomic E-state index is 11.8. The first-order valence-electron chi connectivity index (χ1n) is 7.21. The Balaban J connectivity index is 2.20. The van der Waals surface area contributed by atoms with Gasteiger partial charge in [0.05, 0.1) is 0 Å². The molecule has 0 aromatic rings. The van der Waals surface area contributed by atoms with Crippen LogP contribution in [0.1, 0.15) is 45.4 Å². The Morgan fingerprint density at radius 1 is 1.32 bits per heavy atom. The number of hydrogen-bond acceptors (Lipinski definition) is 2. The monoisotopic (exact) mass is 270 g/mol.